The van der Waals surface area contributed by atoms with E-state index in [0.717, 1.165) is 12.8 Å². The molecule has 2 rings (SSSR count). The second kappa shape index (κ2) is 7.15. The van der Waals surface area contributed by atoms with Crippen molar-refractivity contribution >= 4 is 35.1 Å². The number of nitrogens with one attached hydrogen (secondary N) is 1. The first-order valence-electron chi connectivity index (χ1n) is 6.64. The molecule has 116 valence electrons. The van der Waals surface area contributed by atoms with Crippen molar-refractivity contribution in [2.24, 2.45) is 0 Å². The summed E-state index contributed by atoms with van der Waals surface area (Å²) in [6.45, 7) is 1.15. The maximum atomic E-state index is 12.4. The summed E-state index contributed by atoms with van der Waals surface area (Å²) >= 11 is 11.6. The van der Waals surface area contributed by atoms with E-state index in [0.29, 0.717) is 13.2 Å². The van der Waals surface area contributed by atoms with Crippen LogP contribution in [0.3, 0.4) is 0 Å². The number of rotatable bonds is 6. The van der Waals surface area contributed by atoms with Gasteiger partial charge >= 0.3 is 5.97 Å². The molecule has 0 bridgehead atoms. The van der Waals surface area contributed by atoms with Crippen LogP contribution in [0, 0.1) is 0 Å². The Hall–Kier alpha value is -1.24. The number of H-pyrrole nitrogens is 1. The molecular weight excluding hydrogens is 319 g/mol. The summed E-state index contributed by atoms with van der Waals surface area (Å²) in [5.74, 6) is -1.29. The van der Waals surface area contributed by atoms with Crippen LogP contribution >= 0.6 is 23.2 Å². The summed E-state index contributed by atoms with van der Waals surface area (Å²) in [6.07, 6.45) is 1.64. The molecule has 1 atom stereocenters. The molecule has 1 fully saturated rings. The van der Waals surface area contributed by atoms with Gasteiger partial charge in [0, 0.05) is 19.7 Å². The molecule has 2 N–H and O–H groups in total. The van der Waals surface area contributed by atoms with Gasteiger partial charge in [-0.1, -0.05) is 23.2 Å². The standard InChI is InChI=1S/C13H16Cl2N2O4/c14-9-6-10(16-12(9)15)13(20)17(4-3-11(18)19)7-8-2-1-5-21-8/h6,8,16H,1-5,7H2,(H,18,19). The van der Waals surface area contributed by atoms with E-state index < -0.39 is 5.97 Å². The normalized spacial score (nSPS) is 17.9. The maximum Gasteiger partial charge on any atom is 0.305 e. The van der Waals surface area contributed by atoms with Crippen LogP contribution in [0.4, 0.5) is 0 Å². The van der Waals surface area contributed by atoms with Gasteiger partial charge in [-0.15, -0.1) is 0 Å². The molecule has 1 aromatic heterocycles. The molecule has 0 aliphatic carbocycles. The van der Waals surface area contributed by atoms with Gasteiger partial charge in [-0.2, -0.15) is 0 Å². The fraction of sp³-hybridized carbons (Fsp3) is 0.538. The number of ether oxygens (including phenoxy) is 1. The molecule has 0 aromatic carbocycles. The first-order valence-corrected chi connectivity index (χ1v) is 7.39. The zero-order valence-electron chi connectivity index (χ0n) is 11.3. The lowest BCUT2D eigenvalue weighted by atomic mass is 10.2. The number of carboxylic acid groups (broad SMARTS) is 1. The summed E-state index contributed by atoms with van der Waals surface area (Å²) in [6, 6.07) is 1.44. The third kappa shape index (κ3) is 4.36. The number of amides is 1. The molecule has 1 aliphatic heterocycles. The van der Waals surface area contributed by atoms with E-state index in [1.165, 1.54) is 11.0 Å². The summed E-state index contributed by atoms with van der Waals surface area (Å²) in [7, 11) is 0. The van der Waals surface area contributed by atoms with E-state index in [1.54, 1.807) is 0 Å². The second-order valence-corrected chi connectivity index (χ2v) is 5.66. The van der Waals surface area contributed by atoms with Crippen LogP contribution in [0.2, 0.25) is 10.2 Å². The molecule has 0 saturated carbocycles. The zero-order valence-corrected chi connectivity index (χ0v) is 12.8. The van der Waals surface area contributed by atoms with E-state index >= 15 is 0 Å². The van der Waals surface area contributed by atoms with Crippen LogP contribution in [-0.4, -0.2) is 52.7 Å². The lowest BCUT2D eigenvalue weighted by Crippen LogP contribution is -2.39. The Kier molecular flexibility index (Phi) is 5.50. The number of aromatic nitrogens is 1. The number of aliphatic carboxylic acids is 1. The predicted molar refractivity (Wildman–Crippen MR) is 77.9 cm³/mol. The Morgan fingerprint density at radius 3 is 2.76 bits per heavy atom. The third-order valence-electron chi connectivity index (χ3n) is 3.29. The summed E-state index contributed by atoms with van der Waals surface area (Å²) in [5, 5.41) is 9.25. The van der Waals surface area contributed by atoms with E-state index in [4.69, 9.17) is 33.0 Å². The van der Waals surface area contributed by atoms with Gasteiger partial charge in [-0.25, -0.2) is 0 Å². The first-order chi connectivity index (χ1) is 9.97. The number of hydrogen-bond donors (Lipinski definition) is 2. The molecule has 1 amide bonds. The Balaban J connectivity index is 2.08. The topological polar surface area (TPSA) is 82.6 Å². The van der Waals surface area contributed by atoms with Crippen LogP contribution < -0.4 is 0 Å². The second-order valence-electron chi connectivity index (χ2n) is 4.87. The van der Waals surface area contributed by atoms with E-state index in [2.05, 4.69) is 4.98 Å². The molecule has 2 heterocycles. The zero-order chi connectivity index (χ0) is 15.4. The number of carbonyl (C=O) groups excluding carboxylic acids is 1. The molecule has 0 radical (unpaired) electrons. The number of halogens is 2. The highest BCUT2D eigenvalue weighted by Gasteiger charge is 2.25. The highest BCUT2D eigenvalue weighted by Crippen LogP contribution is 2.23. The Morgan fingerprint density at radius 2 is 2.24 bits per heavy atom. The average Bonchev–Trinajstić information content (AvgIpc) is 3.04. The fourth-order valence-corrected chi connectivity index (χ4v) is 2.54. The highest BCUT2D eigenvalue weighted by molar-refractivity contribution is 6.41. The average molecular weight is 335 g/mol. The third-order valence-corrected chi connectivity index (χ3v) is 3.98. The monoisotopic (exact) mass is 334 g/mol. The van der Waals surface area contributed by atoms with E-state index in [9.17, 15) is 9.59 Å². The Bertz CT molecular complexity index is 507. The Morgan fingerprint density at radius 1 is 1.48 bits per heavy atom. The van der Waals surface area contributed by atoms with Crippen molar-refractivity contribution in [3.63, 3.8) is 0 Å². The maximum absolute atomic E-state index is 12.4. The number of carboxylic acids is 1. The SMILES string of the molecule is O=C(O)CCN(CC1CCCO1)C(=O)c1cc(Cl)c(Cl)[nH]1. The first kappa shape index (κ1) is 16.1. The molecule has 21 heavy (non-hydrogen) atoms. The van der Waals surface area contributed by atoms with Gasteiger partial charge in [0.15, 0.2) is 0 Å². The number of hydrogen-bond acceptors (Lipinski definition) is 3. The van der Waals surface area contributed by atoms with Crippen molar-refractivity contribution in [2.75, 3.05) is 19.7 Å². The van der Waals surface area contributed by atoms with E-state index in [1.807, 2.05) is 0 Å². The van der Waals surface area contributed by atoms with Gasteiger partial charge in [0.05, 0.1) is 17.5 Å². The van der Waals surface area contributed by atoms with Gasteiger partial charge in [0.25, 0.3) is 5.91 Å². The van der Waals surface area contributed by atoms with Crippen molar-refractivity contribution in [2.45, 2.75) is 25.4 Å². The number of carbonyl (C=O) groups is 2. The van der Waals surface area contributed by atoms with Crippen LogP contribution in [0.25, 0.3) is 0 Å². The van der Waals surface area contributed by atoms with Gasteiger partial charge < -0.3 is 19.7 Å². The molecule has 6 nitrogen and oxygen atoms in total. The van der Waals surface area contributed by atoms with Crippen LogP contribution in [0.5, 0.6) is 0 Å². The highest BCUT2D eigenvalue weighted by atomic mass is 35.5. The quantitative estimate of drug-likeness (QED) is 0.836. The number of nitrogens with zero attached hydrogens (tertiary/aromatic N) is 1. The van der Waals surface area contributed by atoms with Crippen LogP contribution in [0.1, 0.15) is 29.8 Å². The Labute approximate surface area is 132 Å². The molecular formula is C13H16Cl2N2O4. The molecule has 1 aromatic rings. The van der Waals surface area contributed by atoms with Crippen LogP contribution in [-0.2, 0) is 9.53 Å². The molecule has 8 heteroatoms. The minimum atomic E-state index is -0.956. The predicted octanol–water partition coefficient (Wildman–Crippen LogP) is 2.42. The summed E-state index contributed by atoms with van der Waals surface area (Å²) in [4.78, 5) is 27.3. The van der Waals surface area contributed by atoms with Crippen molar-refractivity contribution in [1.29, 1.82) is 0 Å². The number of aromatic amines is 1. The van der Waals surface area contributed by atoms with Gasteiger partial charge in [0.1, 0.15) is 10.8 Å². The van der Waals surface area contributed by atoms with Crippen molar-refractivity contribution in [3.05, 3.63) is 21.9 Å². The van der Waals surface area contributed by atoms with Gasteiger partial charge in [-0.3, -0.25) is 9.59 Å². The van der Waals surface area contributed by atoms with Crippen molar-refractivity contribution in [1.82, 2.24) is 9.88 Å². The van der Waals surface area contributed by atoms with Crippen LogP contribution in [0.15, 0.2) is 6.07 Å². The lowest BCUT2D eigenvalue weighted by molar-refractivity contribution is -0.137. The van der Waals surface area contributed by atoms with Gasteiger partial charge in [0.2, 0.25) is 0 Å². The molecule has 1 aliphatic rings. The molecule has 1 saturated heterocycles. The molecule has 1 unspecified atom stereocenters. The van der Waals surface area contributed by atoms with Gasteiger partial charge in [-0.05, 0) is 18.9 Å². The largest absolute Gasteiger partial charge is 0.481 e. The molecule has 0 spiro atoms. The summed E-state index contributed by atoms with van der Waals surface area (Å²) in [5.41, 5.74) is 0.244. The lowest BCUT2D eigenvalue weighted by Gasteiger charge is -2.24. The summed E-state index contributed by atoms with van der Waals surface area (Å²) < 4.78 is 5.50. The minimum Gasteiger partial charge on any atom is -0.481 e. The smallest absolute Gasteiger partial charge is 0.305 e. The minimum absolute atomic E-state index is 0.0522. The van der Waals surface area contributed by atoms with Crippen molar-refractivity contribution < 1.29 is 19.4 Å². The van der Waals surface area contributed by atoms with Crippen molar-refractivity contribution in [3.8, 4) is 0 Å². The fourth-order valence-electron chi connectivity index (χ4n) is 2.23. The van der Waals surface area contributed by atoms with E-state index in [-0.39, 0.29) is 40.8 Å².